The molecule has 14 heteroatoms. The molecule has 0 unspecified atom stereocenters. The van der Waals surface area contributed by atoms with Gasteiger partial charge in [0.25, 0.3) is 10.0 Å². The number of aromatic nitrogens is 3. The highest BCUT2D eigenvalue weighted by Crippen LogP contribution is 2.36. The van der Waals surface area contributed by atoms with Crippen molar-refractivity contribution in [3.8, 4) is 6.01 Å². The summed E-state index contributed by atoms with van der Waals surface area (Å²) in [6.45, 7) is 0.529. The van der Waals surface area contributed by atoms with Crippen molar-refractivity contribution in [2.75, 3.05) is 13.2 Å². The Morgan fingerprint density at radius 3 is 2.47 bits per heavy atom. The number of rotatable bonds is 5. The molecule has 1 amide bonds. The fraction of sp³-hybridized carbons (Fsp3) is 0.438. The number of amides is 1. The number of ether oxygens (including phenoxy) is 2. The zero-order valence-corrected chi connectivity index (χ0v) is 15.9. The van der Waals surface area contributed by atoms with Gasteiger partial charge in [-0.1, -0.05) is 12.1 Å². The predicted molar refractivity (Wildman–Crippen MR) is 92.6 cm³/mol. The van der Waals surface area contributed by atoms with Crippen LogP contribution in [-0.4, -0.2) is 48.1 Å². The van der Waals surface area contributed by atoms with Crippen LogP contribution in [0.15, 0.2) is 34.0 Å². The fourth-order valence-electron chi connectivity index (χ4n) is 2.80. The number of hydrogen-bond acceptors (Lipinski definition) is 7. The Morgan fingerprint density at radius 1 is 1.23 bits per heavy atom. The highest BCUT2D eigenvalue weighted by molar-refractivity contribution is 7.90. The Kier molecular flexibility index (Phi) is 4.85. The van der Waals surface area contributed by atoms with Crippen LogP contribution in [0.4, 0.5) is 18.0 Å². The summed E-state index contributed by atoms with van der Waals surface area (Å²) in [6.07, 6.45) is -4.06. The Balaban J connectivity index is 1.64. The first-order valence-electron chi connectivity index (χ1n) is 8.77. The third-order valence-electron chi connectivity index (χ3n) is 4.47. The molecule has 1 aromatic heterocycles. The zero-order chi connectivity index (χ0) is 21.7. The van der Waals surface area contributed by atoms with Crippen LogP contribution in [0.3, 0.4) is 0 Å². The van der Waals surface area contributed by atoms with Crippen LogP contribution in [0.2, 0.25) is 0 Å². The summed E-state index contributed by atoms with van der Waals surface area (Å²) >= 11 is 0. The van der Waals surface area contributed by atoms with Crippen LogP contribution in [-0.2, 0) is 20.9 Å². The van der Waals surface area contributed by atoms with Crippen molar-refractivity contribution in [2.45, 2.75) is 36.1 Å². The number of carbonyl (C=O) groups excluding carboxylic acids is 1. The Morgan fingerprint density at radius 2 is 1.90 bits per heavy atom. The average Bonchev–Trinajstić information content (AvgIpc) is 3.40. The van der Waals surface area contributed by atoms with Gasteiger partial charge >= 0.3 is 23.9 Å². The lowest BCUT2D eigenvalue weighted by Crippen LogP contribution is -2.41. The lowest BCUT2D eigenvalue weighted by Gasteiger charge is -2.25. The van der Waals surface area contributed by atoms with Gasteiger partial charge in [0.15, 0.2) is 0 Å². The van der Waals surface area contributed by atoms with E-state index < -0.39 is 38.4 Å². The van der Waals surface area contributed by atoms with Gasteiger partial charge in [-0.2, -0.15) is 13.2 Å². The van der Waals surface area contributed by atoms with Crippen LogP contribution in [0.25, 0.3) is 0 Å². The molecule has 2 heterocycles. The molecule has 1 aromatic carbocycles. The number of sulfonamides is 1. The highest BCUT2D eigenvalue weighted by atomic mass is 32.2. The third-order valence-corrected chi connectivity index (χ3v) is 5.84. The first-order chi connectivity index (χ1) is 14.1. The van der Waals surface area contributed by atoms with E-state index in [2.05, 4.69) is 5.10 Å². The SMILES string of the molecule is O=C(NS(=O)(=O)c1ccccc1C(F)(F)F)n1nc(OC2COC2)n(C2CC2)c1=O. The molecule has 1 aliphatic heterocycles. The quantitative estimate of drug-likeness (QED) is 0.728. The molecule has 1 aliphatic carbocycles. The average molecular weight is 448 g/mol. The second-order valence-corrected chi connectivity index (χ2v) is 8.41. The first-order valence-corrected chi connectivity index (χ1v) is 10.3. The maximum atomic E-state index is 13.1. The number of carbonyl (C=O) groups is 1. The van der Waals surface area contributed by atoms with E-state index in [9.17, 15) is 31.2 Å². The Bertz CT molecular complexity index is 1150. The molecular weight excluding hydrogens is 433 g/mol. The number of nitrogens with one attached hydrogen (secondary N) is 1. The maximum Gasteiger partial charge on any atom is 0.417 e. The van der Waals surface area contributed by atoms with Gasteiger partial charge in [-0.3, -0.25) is 0 Å². The standard InChI is InChI=1S/C16H15F3N4O6S/c17-16(18,19)11-3-1-2-4-12(11)30(26,27)21-13(24)23-15(25)22(9-5-6-9)14(20-23)29-10-7-28-8-10/h1-4,9-10H,5-8H2,(H,21,24). The molecule has 1 saturated heterocycles. The lowest BCUT2D eigenvalue weighted by atomic mass is 10.2. The number of alkyl halides is 3. The largest absolute Gasteiger partial charge is 0.455 e. The van der Waals surface area contributed by atoms with E-state index in [0.717, 1.165) is 16.7 Å². The van der Waals surface area contributed by atoms with E-state index in [4.69, 9.17) is 9.47 Å². The number of halogens is 3. The van der Waals surface area contributed by atoms with Crippen molar-refractivity contribution < 1.29 is 35.9 Å². The van der Waals surface area contributed by atoms with Crippen molar-refractivity contribution >= 4 is 16.1 Å². The molecule has 0 atom stereocenters. The molecule has 1 N–H and O–H groups in total. The summed E-state index contributed by atoms with van der Waals surface area (Å²) in [7, 11) is -4.95. The van der Waals surface area contributed by atoms with Crippen LogP contribution in [0, 0.1) is 0 Å². The summed E-state index contributed by atoms with van der Waals surface area (Å²) in [5.41, 5.74) is -2.40. The Labute approximate surface area is 167 Å². The molecule has 4 rings (SSSR count). The minimum absolute atomic E-state index is 0.181. The smallest absolute Gasteiger partial charge is 0.417 e. The van der Waals surface area contributed by atoms with Crippen molar-refractivity contribution in [3.63, 3.8) is 0 Å². The second-order valence-electron chi connectivity index (χ2n) is 6.76. The molecule has 0 bridgehead atoms. The minimum atomic E-state index is -4.97. The van der Waals surface area contributed by atoms with Crippen LogP contribution >= 0.6 is 0 Å². The highest BCUT2D eigenvalue weighted by Gasteiger charge is 2.38. The summed E-state index contributed by atoms with van der Waals surface area (Å²) in [5.74, 6) is 0. The second kappa shape index (κ2) is 7.12. The number of benzene rings is 1. The molecule has 162 valence electrons. The van der Waals surface area contributed by atoms with Gasteiger partial charge in [0.1, 0.15) is 6.10 Å². The summed E-state index contributed by atoms with van der Waals surface area (Å²) in [4.78, 5) is 23.8. The van der Waals surface area contributed by atoms with Crippen molar-refractivity contribution in [3.05, 3.63) is 40.3 Å². The van der Waals surface area contributed by atoms with Gasteiger partial charge in [0.2, 0.25) is 0 Å². The van der Waals surface area contributed by atoms with E-state index >= 15 is 0 Å². The molecule has 1 saturated carbocycles. The van der Waals surface area contributed by atoms with E-state index in [1.54, 1.807) is 0 Å². The van der Waals surface area contributed by atoms with Gasteiger partial charge in [-0.15, -0.1) is 9.78 Å². The van der Waals surface area contributed by atoms with Crippen molar-refractivity contribution in [2.24, 2.45) is 0 Å². The lowest BCUT2D eigenvalue weighted by molar-refractivity contribution is -0.139. The molecule has 0 radical (unpaired) electrons. The van der Waals surface area contributed by atoms with E-state index in [0.29, 0.717) is 25.0 Å². The molecule has 2 fully saturated rings. The fourth-order valence-corrected chi connectivity index (χ4v) is 3.95. The van der Waals surface area contributed by atoms with E-state index in [1.165, 1.54) is 4.72 Å². The first kappa shape index (κ1) is 20.4. The van der Waals surface area contributed by atoms with E-state index in [-0.39, 0.29) is 36.1 Å². The van der Waals surface area contributed by atoms with Gasteiger partial charge in [-0.25, -0.2) is 27.3 Å². The van der Waals surface area contributed by atoms with Gasteiger partial charge in [-0.05, 0) is 25.0 Å². The zero-order valence-electron chi connectivity index (χ0n) is 15.1. The van der Waals surface area contributed by atoms with E-state index in [1.807, 2.05) is 0 Å². The Hall–Kier alpha value is -2.87. The number of nitrogens with zero attached hydrogens (tertiary/aromatic N) is 3. The summed E-state index contributed by atoms with van der Waals surface area (Å²) < 4.78 is 77.6. The van der Waals surface area contributed by atoms with Crippen molar-refractivity contribution in [1.82, 2.24) is 19.1 Å². The molecular formula is C16H15F3N4O6S. The monoisotopic (exact) mass is 448 g/mol. The van der Waals surface area contributed by atoms with Crippen LogP contribution < -0.4 is 15.1 Å². The minimum Gasteiger partial charge on any atom is -0.455 e. The normalized spacial score (nSPS) is 17.4. The molecule has 10 nitrogen and oxygen atoms in total. The maximum absolute atomic E-state index is 13.1. The summed E-state index contributed by atoms with van der Waals surface area (Å²) in [6, 6.07) is 1.41. The van der Waals surface area contributed by atoms with Crippen LogP contribution in [0.1, 0.15) is 24.4 Å². The third kappa shape index (κ3) is 3.79. The molecule has 2 aliphatic rings. The topological polar surface area (TPSA) is 122 Å². The molecule has 0 spiro atoms. The van der Waals surface area contributed by atoms with Gasteiger partial charge in [0.05, 0.1) is 23.7 Å². The van der Waals surface area contributed by atoms with Gasteiger partial charge < -0.3 is 9.47 Å². The van der Waals surface area contributed by atoms with Gasteiger partial charge in [0, 0.05) is 6.04 Å². The van der Waals surface area contributed by atoms with Crippen molar-refractivity contribution in [1.29, 1.82) is 0 Å². The molecule has 2 aromatic rings. The van der Waals surface area contributed by atoms with Crippen LogP contribution in [0.5, 0.6) is 6.01 Å². The summed E-state index contributed by atoms with van der Waals surface area (Å²) in [5, 5.41) is 3.73. The molecule has 30 heavy (non-hydrogen) atoms. The predicted octanol–water partition coefficient (Wildman–Crippen LogP) is 1.12. The number of hydrogen-bond donors (Lipinski definition) is 1.